The molecule has 0 unspecified atom stereocenters. The van der Waals surface area contributed by atoms with Crippen LogP contribution >= 0.6 is 27.7 Å². The van der Waals surface area contributed by atoms with Gasteiger partial charge in [-0.15, -0.1) is 16.8 Å². The van der Waals surface area contributed by atoms with E-state index in [9.17, 15) is 4.79 Å². The van der Waals surface area contributed by atoms with Crippen LogP contribution in [0, 0.1) is 6.92 Å². The molecule has 0 spiro atoms. The molecule has 0 aliphatic rings. The van der Waals surface area contributed by atoms with Crippen LogP contribution in [0.5, 0.6) is 11.5 Å². The number of anilines is 1. The zero-order chi connectivity index (χ0) is 26.8. The predicted molar refractivity (Wildman–Crippen MR) is 154 cm³/mol. The molecule has 0 fully saturated rings. The van der Waals surface area contributed by atoms with Gasteiger partial charge >= 0.3 is 0 Å². The van der Waals surface area contributed by atoms with Gasteiger partial charge in [-0.3, -0.25) is 4.79 Å². The molecule has 0 bridgehead atoms. The summed E-state index contributed by atoms with van der Waals surface area (Å²) in [5, 5.41) is 12.3. The second-order valence-electron chi connectivity index (χ2n) is 8.84. The van der Waals surface area contributed by atoms with Gasteiger partial charge < -0.3 is 19.4 Å². The number of hydrogen-bond donors (Lipinski definition) is 1. The van der Waals surface area contributed by atoms with Crippen LogP contribution in [0.15, 0.2) is 58.7 Å². The Kier molecular flexibility index (Phi) is 11.1. The third kappa shape index (κ3) is 8.36. The van der Waals surface area contributed by atoms with Crippen LogP contribution in [0.2, 0.25) is 0 Å². The van der Waals surface area contributed by atoms with Crippen LogP contribution < -0.4 is 14.8 Å². The SMILES string of the molecule is C=CCn1c(CCCOc2cc(C(C)C)c(Br)cc2C)nnc1SCC(=O)Nc1ccc(OCC)cc1. The van der Waals surface area contributed by atoms with Gasteiger partial charge in [-0.2, -0.15) is 0 Å². The number of aromatic nitrogens is 3. The minimum Gasteiger partial charge on any atom is -0.494 e. The lowest BCUT2D eigenvalue weighted by atomic mass is 10.0. The van der Waals surface area contributed by atoms with E-state index in [1.165, 1.54) is 17.3 Å². The van der Waals surface area contributed by atoms with Gasteiger partial charge in [0.25, 0.3) is 0 Å². The Morgan fingerprint density at radius 3 is 2.65 bits per heavy atom. The summed E-state index contributed by atoms with van der Waals surface area (Å²) in [5.74, 6) is 3.07. The summed E-state index contributed by atoms with van der Waals surface area (Å²) < 4.78 is 14.7. The van der Waals surface area contributed by atoms with E-state index in [-0.39, 0.29) is 11.7 Å². The minimum atomic E-state index is -0.108. The molecule has 0 atom stereocenters. The first-order valence-corrected chi connectivity index (χ1v) is 14.2. The second kappa shape index (κ2) is 14.2. The van der Waals surface area contributed by atoms with Crippen LogP contribution in [-0.2, 0) is 17.8 Å². The molecule has 1 N–H and O–H groups in total. The van der Waals surface area contributed by atoms with E-state index in [1.807, 2.05) is 41.8 Å². The molecular weight excluding hydrogens is 552 g/mol. The summed E-state index contributed by atoms with van der Waals surface area (Å²) in [6.45, 7) is 14.0. The Morgan fingerprint density at radius 2 is 1.97 bits per heavy atom. The highest BCUT2D eigenvalue weighted by Gasteiger charge is 2.14. The smallest absolute Gasteiger partial charge is 0.234 e. The number of amides is 1. The summed E-state index contributed by atoms with van der Waals surface area (Å²) in [6, 6.07) is 11.6. The molecule has 0 aliphatic heterocycles. The highest BCUT2D eigenvalue weighted by atomic mass is 79.9. The van der Waals surface area contributed by atoms with Crippen molar-refractivity contribution in [3.05, 3.63) is 70.5 Å². The number of aryl methyl sites for hydroxylation is 2. The number of ether oxygens (including phenoxy) is 2. The number of carbonyl (C=O) groups is 1. The molecule has 37 heavy (non-hydrogen) atoms. The number of benzene rings is 2. The fourth-order valence-corrected chi connectivity index (χ4v) is 5.41. The van der Waals surface area contributed by atoms with Crippen LogP contribution in [0.25, 0.3) is 0 Å². The van der Waals surface area contributed by atoms with Crippen molar-refractivity contribution in [2.24, 2.45) is 0 Å². The lowest BCUT2D eigenvalue weighted by Gasteiger charge is -2.15. The molecule has 0 aliphatic carbocycles. The Hall–Kier alpha value is -2.78. The number of nitrogens with one attached hydrogen (secondary N) is 1. The molecule has 9 heteroatoms. The van der Waals surface area contributed by atoms with E-state index in [4.69, 9.17) is 9.47 Å². The van der Waals surface area contributed by atoms with Gasteiger partial charge in [-0.25, -0.2) is 0 Å². The van der Waals surface area contributed by atoms with Gasteiger partial charge in [-0.05, 0) is 73.7 Å². The fourth-order valence-electron chi connectivity index (χ4n) is 3.73. The molecule has 0 radical (unpaired) electrons. The van der Waals surface area contributed by atoms with Gasteiger partial charge in [0.05, 0.1) is 19.0 Å². The molecule has 198 valence electrons. The fraction of sp³-hybridized carbons (Fsp3) is 0.393. The third-order valence-corrected chi connectivity index (χ3v) is 7.26. The van der Waals surface area contributed by atoms with E-state index < -0.39 is 0 Å². The zero-order valence-corrected chi connectivity index (χ0v) is 24.3. The summed E-state index contributed by atoms with van der Waals surface area (Å²) >= 11 is 5.01. The third-order valence-electron chi connectivity index (χ3n) is 5.61. The van der Waals surface area contributed by atoms with E-state index in [1.54, 1.807) is 0 Å². The number of thioether (sulfide) groups is 1. The number of rotatable bonds is 14. The molecule has 3 rings (SSSR count). The molecule has 0 saturated heterocycles. The first-order valence-electron chi connectivity index (χ1n) is 12.4. The maximum atomic E-state index is 12.5. The maximum absolute atomic E-state index is 12.5. The monoisotopic (exact) mass is 586 g/mol. The Balaban J connectivity index is 1.53. The van der Waals surface area contributed by atoms with Crippen molar-refractivity contribution in [1.29, 1.82) is 0 Å². The highest BCUT2D eigenvalue weighted by molar-refractivity contribution is 9.10. The average molecular weight is 588 g/mol. The molecule has 1 amide bonds. The van der Waals surface area contributed by atoms with Crippen molar-refractivity contribution in [2.45, 2.75) is 58.2 Å². The van der Waals surface area contributed by atoms with Crippen LogP contribution in [-0.4, -0.2) is 39.6 Å². The van der Waals surface area contributed by atoms with Crippen molar-refractivity contribution in [2.75, 3.05) is 24.3 Å². The molecule has 0 saturated carbocycles. The zero-order valence-electron chi connectivity index (χ0n) is 21.9. The van der Waals surface area contributed by atoms with E-state index in [0.717, 1.165) is 39.5 Å². The number of halogens is 1. The van der Waals surface area contributed by atoms with Crippen molar-refractivity contribution < 1.29 is 14.3 Å². The van der Waals surface area contributed by atoms with Gasteiger partial charge in [-0.1, -0.05) is 47.6 Å². The molecule has 1 heterocycles. The van der Waals surface area contributed by atoms with Crippen molar-refractivity contribution in [1.82, 2.24) is 14.8 Å². The second-order valence-corrected chi connectivity index (χ2v) is 10.6. The lowest BCUT2D eigenvalue weighted by molar-refractivity contribution is -0.113. The van der Waals surface area contributed by atoms with Crippen LogP contribution in [0.4, 0.5) is 5.69 Å². The normalized spacial score (nSPS) is 11.0. The van der Waals surface area contributed by atoms with Crippen LogP contribution in [0.1, 0.15) is 50.1 Å². The first kappa shape index (κ1) is 28.8. The number of allylic oxidation sites excluding steroid dienone is 1. The lowest BCUT2D eigenvalue weighted by Crippen LogP contribution is -2.15. The van der Waals surface area contributed by atoms with Gasteiger partial charge in [0.15, 0.2) is 5.16 Å². The molecule has 3 aromatic rings. The maximum Gasteiger partial charge on any atom is 0.234 e. The van der Waals surface area contributed by atoms with Crippen molar-refractivity contribution >= 4 is 39.3 Å². The summed E-state index contributed by atoms with van der Waals surface area (Å²) in [5.41, 5.74) is 3.07. The van der Waals surface area contributed by atoms with E-state index in [0.29, 0.717) is 37.3 Å². The Morgan fingerprint density at radius 1 is 1.22 bits per heavy atom. The quantitative estimate of drug-likeness (QED) is 0.127. The summed E-state index contributed by atoms with van der Waals surface area (Å²) in [4.78, 5) is 12.5. The first-order chi connectivity index (χ1) is 17.8. The van der Waals surface area contributed by atoms with Crippen molar-refractivity contribution in [3.63, 3.8) is 0 Å². The van der Waals surface area contributed by atoms with E-state index >= 15 is 0 Å². The number of nitrogens with zero attached hydrogens (tertiary/aromatic N) is 3. The largest absolute Gasteiger partial charge is 0.494 e. The van der Waals surface area contributed by atoms with E-state index in [2.05, 4.69) is 70.9 Å². The highest BCUT2D eigenvalue weighted by Crippen LogP contribution is 2.32. The van der Waals surface area contributed by atoms with Gasteiger partial charge in [0, 0.05) is 23.1 Å². The predicted octanol–water partition coefficient (Wildman–Crippen LogP) is 6.80. The molecular formula is C28H35BrN4O3S. The minimum absolute atomic E-state index is 0.108. The summed E-state index contributed by atoms with van der Waals surface area (Å²) in [6.07, 6.45) is 3.32. The van der Waals surface area contributed by atoms with Crippen molar-refractivity contribution in [3.8, 4) is 11.5 Å². The standard InChI is InChI=1S/C28H35BrN4O3S/c1-6-14-33-26(9-8-15-36-25-17-23(19(3)4)24(29)16-20(25)5)31-32-28(33)37-18-27(34)30-21-10-12-22(13-11-21)35-7-2/h6,10-13,16-17,19H,1,7-9,14-15,18H2,2-5H3,(H,30,34). The number of hydrogen-bond acceptors (Lipinski definition) is 6. The van der Waals surface area contributed by atoms with Crippen LogP contribution in [0.3, 0.4) is 0 Å². The molecule has 7 nitrogen and oxygen atoms in total. The van der Waals surface area contributed by atoms with Gasteiger partial charge in [0.1, 0.15) is 17.3 Å². The van der Waals surface area contributed by atoms with Gasteiger partial charge in [0.2, 0.25) is 5.91 Å². The summed E-state index contributed by atoms with van der Waals surface area (Å²) in [7, 11) is 0. The topological polar surface area (TPSA) is 78.3 Å². The Labute approximate surface area is 232 Å². The molecule has 1 aromatic heterocycles. The molecule has 2 aromatic carbocycles. The number of carbonyl (C=O) groups excluding carboxylic acids is 1. The average Bonchev–Trinajstić information content (AvgIpc) is 3.24. The Bertz CT molecular complexity index is 1190.